The number of carboxylic acid groups (broad SMARTS) is 1. The number of hydrogen-bond donors (Lipinski definition) is 2. The minimum atomic E-state index is -1.04. The molecule has 0 atom stereocenters. The van der Waals surface area contributed by atoms with E-state index in [2.05, 4.69) is 9.69 Å². The molecule has 6 nitrogen and oxygen atoms in total. The predicted molar refractivity (Wildman–Crippen MR) is 85.6 cm³/mol. The van der Waals surface area contributed by atoms with Crippen LogP contribution in [0.5, 0.6) is 0 Å². The van der Waals surface area contributed by atoms with Crippen molar-refractivity contribution >= 4 is 40.2 Å². The predicted octanol–water partition coefficient (Wildman–Crippen LogP) is 1.60. The molecule has 1 fully saturated rings. The van der Waals surface area contributed by atoms with Gasteiger partial charge in [-0.2, -0.15) is 4.37 Å². The Bertz CT molecular complexity index is 527. The van der Waals surface area contributed by atoms with E-state index in [4.69, 9.17) is 0 Å². The van der Waals surface area contributed by atoms with Crippen molar-refractivity contribution in [3.8, 4) is 0 Å². The van der Waals surface area contributed by atoms with Crippen LogP contribution in [0.3, 0.4) is 0 Å². The lowest BCUT2D eigenvalue weighted by Gasteiger charge is -2.23. The molecular weight excluding hydrogens is 310 g/mol. The van der Waals surface area contributed by atoms with Crippen molar-refractivity contribution in [3.05, 3.63) is 11.3 Å². The summed E-state index contributed by atoms with van der Waals surface area (Å²) in [6, 6.07) is 0. The smallest absolute Gasteiger partial charge is 0.340 e. The van der Waals surface area contributed by atoms with Crippen LogP contribution in [0.1, 0.15) is 28.9 Å². The van der Waals surface area contributed by atoms with Gasteiger partial charge in [-0.05, 0) is 44.4 Å². The van der Waals surface area contributed by atoms with Crippen molar-refractivity contribution in [2.75, 3.05) is 30.8 Å². The lowest BCUT2D eigenvalue weighted by Crippen LogP contribution is -2.32. The molecule has 0 aliphatic carbocycles. The number of carbonyl (C=O) groups excluding carboxylic acids is 1. The zero-order valence-corrected chi connectivity index (χ0v) is 13.7. The topological polar surface area (TPSA) is 82.5 Å². The van der Waals surface area contributed by atoms with Crippen LogP contribution in [0.4, 0.5) is 5.00 Å². The molecule has 2 heterocycles. The van der Waals surface area contributed by atoms with Gasteiger partial charge in [0.2, 0.25) is 5.91 Å². The average Bonchev–Trinajstić information content (AvgIpc) is 2.87. The third kappa shape index (κ3) is 3.96. The Morgan fingerprint density at radius 3 is 2.76 bits per heavy atom. The number of thioether (sulfide) groups is 1. The van der Waals surface area contributed by atoms with Gasteiger partial charge in [-0.25, -0.2) is 4.79 Å². The summed E-state index contributed by atoms with van der Waals surface area (Å²) in [5.41, 5.74) is 0.580. The number of aryl methyl sites for hydroxylation is 1. The second-order valence-electron chi connectivity index (χ2n) is 4.97. The van der Waals surface area contributed by atoms with E-state index in [1.165, 1.54) is 4.90 Å². The number of rotatable bonds is 5. The van der Waals surface area contributed by atoms with Crippen molar-refractivity contribution in [2.24, 2.45) is 0 Å². The first kappa shape index (κ1) is 16.3. The van der Waals surface area contributed by atoms with Gasteiger partial charge in [0.25, 0.3) is 0 Å². The average molecular weight is 329 g/mol. The Hall–Kier alpha value is -1.12. The fraction of sp³-hybridized carbons (Fsp3) is 0.615. The second kappa shape index (κ2) is 7.24. The number of carboxylic acids is 1. The summed E-state index contributed by atoms with van der Waals surface area (Å²) in [5, 5.41) is 13.4. The molecule has 1 aliphatic heterocycles. The van der Waals surface area contributed by atoms with Crippen molar-refractivity contribution in [1.82, 2.24) is 9.69 Å². The molecule has 8 heteroatoms. The van der Waals surface area contributed by atoms with Gasteiger partial charge in [-0.3, -0.25) is 4.79 Å². The summed E-state index contributed by atoms with van der Waals surface area (Å²) in [6.45, 7) is 3.64. The minimum absolute atomic E-state index is 0.0790. The number of carbonyl (C=O) groups is 2. The zero-order chi connectivity index (χ0) is 15.4. The van der Waals surface area contributed by atoms with Gasteiger partial charge in [0.1, 0.15) is 10.6 Å². The molecule has 0 saturated carbocycles. The van der Waals surface area contributed by atoms with E-state index in [0.717, 1.165) is 37.5 Å². The van der Waals surface area contributed by atoms with E-state index in [-0.39, 0.29) is 11.5 Å². The summed E-state index contributed by atoms with van der Waals surface area (Å²) in [7, 11) is 1.62. The zero-order valence-electron chi connectivity index (χ0n) is 12.1. The fourth-order valence-electron chi connectivity index (χ4n) is 2.19. The van der Waals surface area contributed by atoms with Crippen LogP contribution < -0.4 is 10.2 Å². The summed E-state index contributed by atoms with van der Waals surface area (Å²) < 4.78 is 4.04. The maximum Gasteiger partial charge on any atom is 0.340 e. The normalized spacial score (nSPS) is 15.9. The molecule has 1 aromatic heterocycles. The Morgan fingerprint density at radius 2 is 2.14 bits per heavy atom. The van der Waals surface area contributed by atoms with Crippen LogP contribution >= 0.6 is 23.3 Å². The Labute approximate surface area is 132 Å². The van der Waals surface area contributed by atoms with Crippen LogP contribution in [-0.2, 0) is 4.79 Å². The molecule has 1 aliphatic rings. The molecule has 2 rings (SSSR count). The molecule has 0 radical (unpaired) electrons. The number of anilines is 1. The van der Waals surface area contributed by atoms with Crippen LogP contribution in [-0.4, -0.2) is 52.5 Å². The maximum atomic E-state index is 12.2. The van der Waals surface area contributed by atoms with Crippen LogP contribution in [0.15, 0.2) is 0 Å². The highest BCUT2D eigenvalue weighted by atomic mass is 32.2. The van der Waals surface area contributed by atoms with Crippen molar-refractivity contribution in [2.45, 2.75) is 25.0 Å². The number of amides is 1. The summed E-state index contributed by atoms with van der Waals surface area (Å²) in [6.07, 6.45) is 2.14. The van der Waals surface area contributed by atoms with E-state index in [1.807, 2.05) is 0 Å². The molecule has 1 amide bonds. The quantitative estimate of drug-likeness (QED) is 0.854. The van der Waals surface area contributed by atoms with Gasteiger partial charge in [0.05, 0.1) is 11.4 Å². The minimum Gasteiger partial charge on any atom is -0.478 e. The maximum absolute atomic E-state index is 12.2. The fourth-order valence-corrected chi connectivity index (χ4v) is 4.20. The number of aromatic nitrogens is 1. The molecule has 0 aromatic carbocycles. The molecule has 1 aromatic rings. The second-order valence-corrected chi connectivity index (χ2v) is 7.01. The lowest BCUT2D eigenvalue weighted by atomic mass is 10.2. The highest BCUT2D eigenvalue weighted by Crippen LogP contribution is 2.29. The molecule has 2 N–H and O–H groups in total. The number of nitrogens with zero attached hydrogens (tertiary/aromatic N) is 2. The highest BCUT2D eigenvalue weighted by Gasteiger charge is 2.24. The van der Waals surface area contributed by atoms with Gasteiger partial charge in [0, 0.05) is 12.3 Å². The van der Waals surface area contributed by atoms with E-state index in [9.17, 15) is 14.7 Å². The van der Waals surface area contributed by atoms with E-state index >= 15 is 0 Å². The molecule has 116 valence electrons. The van der Waals surface area contributed by atoms with Crippen LogP contribution in [0, 0.1) is 6.92 Å². The Kier molecular flexibility index (Phi) is 5.60. The van der Waals surface area contributed by atoms with E-state index < -0.39 is 5.97 Å². The third-order valence-electron chi connectivity index (χ3n) is 3.47. The summed E-state index contributed by atoms with van der Waals surface area (Å²) in [4.78, 5) is 24.9. The van der Waals surface area contributed by atoms with Gasteiger partial charge < -0.3 is 15.3 Å². The van der Waals surface area contributed by atoms with Crippen molar-refractivity contribution in [1.29, 1.82) is 0 Å². The van der Waals surface area contributed by atoms with Gasteiger partial charge in [-0.15, -0.1) is 11.8 Å². The number of hydrogen-bond acceptors (Lipinski definition) is 6. The Morgan fingerprint density at radius 1 is 1.48 bits per heavy atom. The van der Waals surface area contributed by atoms with E-state index in [0.29, 0.717) is 21.7 Å². The van der Waals surface area contributed by atoms with Gasteiger partial charge in [-0.1, -0.05) is 0 Å². The summed E-state index contributed by atoms with van der Waals surface area (Å²) >= 11 is 2.71. The molecule has 21 heavy (non-hydrogen) atoms. The first-order chi connectivity index (χ1) is 10.0. The molecule has 0 unspecified atom stereocenters. The van der Waals surface area contributed by atoms with Crippen LogP contribution in [0.25, 0.3) is 0 Å². The van der Waals surface area contributed by atoms with Gasteiger partial charge in [0.15, 0.2) is 0 Å². The molecule has 0 spiro atoms. The largest absolute Gasteiger partial charge is 0.478 e. The standard InChI is InChI=1S/C13H19N3O3S2/c1-8-11(13(18)19)12(21-15-8)16(2)10(17)7-20-9-3-5-14-6-4-9/h9,14H,3-7H2,1-2H3,(H,18,19). The van der Waals surface area contributed by atoms with Crippen molar-refractivity contribution in [3.63, 3.8) is 0 Å². The monoisotopic (exact) mass is 329 g/mol. The third-order valence-corrected chi connectivity index (χ3v) is 5.84. The number of aromatic carboxylic acids is 1. The first-order valence-corrected chi connectivity index (χ1v) is 8.61. The summed E-state index contributed by atoms with van der Waals surface area (Å²) in [5.74, 6) is -0.747. The van der Waals surface area contributed by atoms with Crippen molar-refractivity contribution < 1.29 is 14.7 Å². The lowest BCUT2D eigenvalue weighted by molar-refractivity contribution is -0.115. The van der Waals surface area contributed by atoms with Gasteiger partial charge >= 0.3 is 5.97 Å². The highest BCUT2D eigenvalue weighted by molar-refractivity contribution is 8.00. The van der Waals surface area contributed by atoms with Crippen LogP contribution in [0.2, 0.25) is 0 Å². The SMILES string of the molecule is Cc1nsc(N(C)C(=O)CSC2CCNCC2)c1C(=O)O. The molecule has 1 saturated heterocycles. The molecule has 0 bridgehead atoms. The number of nitrogens with one attached hydrogen (secondary N) is 1. The first-order valence-electron chi connectivity index (χ1n) is 6.79. The molecular formula is C13H19N3O3S2. The number of piperidine rings is 1. The van der Waals surface area contributed by atoms with E-state index in [1.54, 1.807) is 25.7 Å². The Balaban J connectivity index is 1.97.